The number of piperidine rings is 1. The van der Waals surface area contributed by atoms with Gasteiger partial charge in [0.2, 0.25) is 0 Å². The van der Waals surface area contributed by atoms with Crippen molar-refractivity contribution in [3.8, 4) is 0 Å². The van der Waals surface area contributed by atoms with E-state index in [1.807, 2.05) is 0 Å². The van der Waals surface area contributed by atoms with E-state index in [4.69, 9.17) is 4.74 Å². The Labute approximate surface area is 164 Å². The predicted octanol–water partition coefficient (Wildman–Crippen LogP) is 1.33. The van der Waals surface area contributed by atoms with Crippen molar-refractivity contribution in [3.63, 3.8) is 0 Å². The number of quaternary nitrogens is 1. The Balaban J connectivity index is 2.25. The van der Waals surface area contributed by atoms with E-state index in [1.54, 1.807) is 27.9 Å². The number of ether oxygens (including phenoxy) is 1. The van der Waals surface area contributed by atoms with Crippen LogP contribution in [0.5, 0.6) is 0 Å². The monoisotopic (exact) mass is 396 g/mol. The van der Waals surface area contributed by atoms with Crippen molar-refractivity contribution in [2.75, 3.05) is 39.1 Å². The van der Waals surface area contributed by atoms with Crippen molar-refractivity contribution in [1.29, 1.82) is 0 Å². The molecule has 0 radical (unpaired) electrons. The SMILES string of the molecule is CCOC(=O)c1c(NC(=O)C[NH+]2CCCC[C@@H]2C)sc(C(=O)N(C)C)c1C. The first kappa shape index (κ1) is 21.4. The zero-order chi connectivity index (χ0) is 20.1. The summed E-state index contributed by atoms with van der Waals surface area (Å²) in [6.07, 6.45) is 3.45. The van der Waals surface area contributed by atoms with E-state index in [1.165, 1.54) is 16.2 Å². The molecule has 2 N–H and O–H groups in total. The topological polar surface area (TPSA) is 80.1 Å². The molecule has 1 saturated heterocycles. The van der Waals surface area contributed by atoms with Crippen LogP contribution in [0.15, 0.2) is 0 Å². The van der Waals surface area contributed by atoms with Gasteiger partial charge in [0.05, 0.1) is 29.6 Å². The van der Waals surface area contributed by atoms with Gasteiger partial charge in [-0.15, -0.1) is 11.3 Å². The van der Waals surface area contributed by atoms with Crippen LogP contribution in [-0.4, -0.2) is 62.5 Å². The molecule has 1 aromatic rings. The van der Waals surface area contributed by atoms with Crippen molar-refractivity contribution in [1.82, 2.24) is 4.90 Å². The summed E-state index contributed by atoms with van der Waals surface area (Å²) < 4.78 is 5.14. The molecule has 8 heteroatoms. The van der Waals surface area contributed by atoms with E-state index in [2.05, 4.69) is 12.2 Å². The van der Waals surface area contributed by atoms with Gasteiger partial charge in [-0.05, 0) is 45.6 Å². The first-order valence-corrected chi connectivity index (χ1v) is 10.2. The third-order valence-corrected chi connectivity index (χ3v) is 6.14. The molecule has 1 aliphatic heterocycles. The van der Waals surface area contributed by atoms with Crippen molar-refractivity contribution in [3.05, 3.63) is 16.0 Å². The van der Waals surface area contributed by atoms with E-state index >= 15 is 0 Å². The fraction of sp³-hybridized carbons (Fsp3) is 0.632. The first-order chi connectivity index (χ1) is 12.8. The minimum Gasteiger partial charge on any atom is -0.462 e. The van der Waals surface area contributed by atoms with Crippen LogP contribution < -0.4 is 10.2 Å². The van der Waals surface area contributed by atoms with Crippen molar-refractivity contribution in [2.45, 2.75) is 46.1 Å². The number of nitrogens with one attached hydrogen (secondary N) is 2. The van der Waals surface area contributed by atoms with Gasteiger partial charge in [-0.25, -0.2) is 4.79 Å². The van der Waals surface area contributed by atoms with Gasteiger partial charge in [0.15, 0.2) is 6.54 Å². The van der Waals surface area contributed by atoms with Gasteiger partial charge >= 0.3 is 5.97 Å². The van der Waals surface area contributed by atoms with Crippen LogP contribution in [0, 0.1) is 6.92 Å². The molecular weight excluding hydrogens is 366 g/mol. The second kappa shape index (κ2) is 9.32. The maximum absolute atomic E-state index is 12.6. The second-order valence-corrected chi connectivity index (χ2v) is 8.23. The van der Waals surface area contributed by atoms with Crippen molar-refractivity contribution < 1.29 is 24.0 Å². The van der Waals surface area contributed by atoms with E-state index in [0.29, 0.717) is 28.0 Å². The fourth-order valence-electron chi connectivity index (χ4n) is 3.35. The molecule has 0 spiro atoms. The number of likely N-dealkylation sites (tertiary alicyclic amines) is 1. The summed E-state index contributed by atoms with van der Waals surface area (Å²) in [4.78, 5) is 40.6. The highest BCUT2D eigenvalue weighted by molar-refractivity contribution is 7.18. The molecule has 27 heavy (non-hydrogen) atoms. The molecule has 150 valence electrons. The normalized spacial score (nSPS) is 19.4. The molecule has 7 nitrogen and oxygen atoms in total. The van der Waals surface area contributed by atoms with Gasteiger partial charge < -0.3 is 19.9 Å². The van der Waals surface area contributed by atoms with Crippen LogP contribution in [0.25, 0.3) is 0 Å². The number of amides is 2. The highest BCUT2D eigenvalue weighted by atomic mass is 32.1. The molecule has 1 unspecified atom stereocenters. The molecule has 0 aromatic carbocycles. The number of anilines is 1. The average Bonchev–Trinajstić information content (AvgIpc) is 2.92. The summed E-state index contributed by atoms with van der Waals surface area (Å²) >= 11 is 1.13. The number of hydrogen-bond acceptors (Lipinski definition) is 5. The lowest BCUT2D eigenvalue weighted by Crippen LogP contribution is -3.17. The van der Waals surface area contributed by atoms with Crippen LogP contribution in [0.3, 0.4) is 0 Å². The standard InChI is InChI=1S/C19H29N3O4S/c1-6-26-19(25)15-13(3)16(18(24)21(4)5)27-17(15)20-14(23)11-22-10-8-7-9-12(22)2/h12H,6-11H2,1-5H3,(H,20,23)/p+1/t12-/m0/s1. The Bertz CT molecular complexity index is 714. The fourth-order valence-corrected chi connectivity index (χ4v) is 4.58. The number of esters is 1. The highest BCUT2D eigenvalue weighted by Crippen LogP contribution is 2.34. The molecule has 2 amide bonds. The van der Waals surface area contributed by atoms with Gasteiger partial charge in [0, 0.05) is 14.1 Å². The summed E-state index contributed by atoms with van der Waals surface area (Å²) in [7, 11) is 3.32. The molecule has 0 saturated carbocycles. The van der Waals surface area contributed by atoms with Crippen molar-refractivity contribution >= 4 is 34.1 Å². The minimum absolute atomic E-state index is 0.144. The zero-order valence-corrected chi connectivity index (χ0v) is 17.6. The van der Waals surface area contributed by atoms with Crippen LogP contribution in [0.1, 0.15) is 58.7 Å². The lowest BCUT2D eigenvalue weighted by atomic mass is 10.0. The smallest absolute Gasteiger partial charge is 0.341 e. The minimum atomic E-state index is -0.516. The summed E-state index contributed by atoms with van der Waals surface area (Å²) in [5.41, 5.74) is 0.827. The second-order valence-electron chi connectivity index (χ2n) is 7.21. The van der Waals surface area contributed by atoms with Gasteiger partial charge in [-0.1, -0.05) is 0 Å². The summed E-state index contributed by atoms with van der Waals surface area (Å²) in [6, 6.07) is 0.449. The number of rotatable bonds is 6. The van der Waals surface area contributed by atoms with Crippen LogP contribution in [0.4, 0.5) is 5.00 Å². The molecule has 1 aliphatic rings. The molecule has 0 aliphatic carbocycles. The van der Waals surface area contributed by atoms with Crippen LogP contribution >= 0.6 is 11.3 Å². The maximum atomic E-state index is 12.6. The van der Waals surface area contributed by atoms with Gasteiger partial charge in [-0.2, -0.15) is 0 Å². The zero-order valence-electron chi connectivity index (χ0n) is 16.8. The number of carbonyl (C=O) groups is 3. The largest absolute Gasteiger partial charge is 0.462 e. The Kier molecular flexibility index (Phi) is 7.38. The summed E-state index contributed by atoms with van der Waals surface area (Å²) in [6.45, 7) is 7.17. The van der Waals surface area contributed by atoms with E-state index in [-0.39, 0.29) is 24.0 Å². The van der Waals surface area contributed by atoms with Gasteiger partial charge in [-0.3, -0.25) is 9.59 Å². The number of thiophene rings is 1. The van der Waals surface area contributed by atoms with E-state index in [9.17, 15) is 14.4 Å². The van der Waals surface area contributed by atoms with Gasteiger partial charge in [0.1, 0.15) is 5.00 Å². The van der Waals surface area contributed by atoms with Crippen LogP contribution in [-0.2, 0) is 9.53 Å². The highest BCUT2D eigenvalue weighted by Gasteiger charge is 2.29. The lowest BCUT2D eigenvalue weighted by Gasteiger charge is -2.29. The quantitative estimate of drug-likeness (QED) is 0.711. The maximum Gasteiger partial charge on any atom is 0.341 e. The Hall–Kier alpha value is -1.93. The van der Waals surface area contributed by atoms with E-state index < -0.39 is 5.97 Å². The third kappa shape index (κ3) is 5.07. The van der Waals surface area contributed by atoms with E-state index in [0.717, 1.165) is 30.7 Å². The molecule has 1 fully saturated rings. The Morgan fingerprint density at radius 1 is 1.30 bits per heavy atom. The number of carbonyl (C=O) groups excluding carboxylic acids is 3. The van der Waals surface area contributed by atoms with Crippen LogP contribution in [0.2, 0.25) is 0 Å². The lowest BCUT2D eigenvalue weighted by molar-refractivity contribution is -0.920. The third-order valence-electron chi connectivity index (χ3n) is 4.95. The summed E-state index contributed by atoms with van der Waals surface area (Å²) in [5, 5.41) is 3.25. The average molecular weight is 397 g/mol. The Morgan fingerprint density at radius 2 is 2.00 bits per heavy atom. The predicted molar refractivity (Wildman–Crippen MR) is 106 cm³/mol. The van der Waals surface area contributed by atoms with Gasteiger partial charge in [0.25, 0.3) is 11.8 Å². The Morgan fingerprint density at radius 3 is 2.59 bits per heavy atom. The first-order valence-electron chi connectivity index (χ1n) is 9.42. The molecule has 2 atom stereocenters. The number of hydrogen-bond donors (Lipinski definition) is 2. The summed E-state index contributed by atoms with van der Waals surface area (Å²) in [5.74, 6) is -0.855. The molecule has 1 aromatic heterocycles. The molecule has 2 rings (SSSR count). The molecule has 0 bridgehead atoms. The van der Waals surface area contributed by atoms with Crippen molar-refractivity contribution in [2.24, 2.45) is 0 Å². The molecular formula is C19H30N3O4S+. The molecule has 2 heterocycles. The number of nitrogens with zero attached hydrogens (tertiary/aromatic N) is 1.